The third kappa shape index (κ3) is 6.73. The number of methoxy groups -OCH3 is 1. The third-order valence-electron chi connectivity index (χ3n) is 6.23. The topological polar surface area (TPSA) is 24.9 Å². The molecule has 1 fully saturated rings. The molecule has 0 saturated carbocycles. The van der Waals surface area contributed by atoms with Gasteiger partial charge in [0.05, 0.1) is 7.11 Å². The van der Waals surface area contributed by atoms with E-state index >= 15 is 0 Å². The van der Waals surface area contributed by atoms with Crippen LogP contribution in [-0.4, -0.2) is 49.6 Å². The van der Waals surface area contributed by atoms with Gasteiger partial charge in [-0.3, -0.25) is 4.90 Å². The highest BCUT2D eigenvalue weighted by molar-refractivity contribution is 6.30. The Morgan fingerprint density at radius 3 is 2.33 bits per heavy atom. The summed E-state index contributed by atoms with van der Waals surface area (Å²) in [4.78, 5) is 5.07. The minimum Gasteiger partial charge on any atom is -0.493 e. The Bertz CT molecular complexity index is 1020. The van der Waals surface area contributed by atoms with E-state index in [0.29, 0.717) is 0 Å². The third-order valence-corrected chi connectivity index (χ3v) is 6.47. The quantitative estimate of drug-likeness (QED) is 0.388. The molecule has 1 aliphatic rings. The first-order chi connectivity index (χ1) is 16.1. The first-order valence-electron chi connectivity index (χ1n) is 11.7. The molecule has 1 aliphatic heterocycles. The van der Waals surface area contributed by atoms with Crippen LogP contribution in [0.4, 0.5) is 0 Å². The average molecular weight is 465 g/mol. The predicted octanol–water partition coefficient (Wildman–Crippen LogP) is 5.99. The van der Waals surface area contributed by atoms with Crippen molar-refractivity contribution in [3.8, 4) is 11.5 Å². The van der Waals surface area contributed by atoms with Crippen LogP contribution >= 0.6 is 11.6 Å². The van der Waals surface area contributed by atoms with Crippen molar-refractivity contribution in [1.29, 1.82) is 0 Å². The smallest absolute Gasteiger partial charge is 0.162 e. The van der Waals surface area contributed by atoms with Crippen LogP contribution in [0, 0.1) is 6.92 Å². The number of hydrogen-bond donors (Lipinski definition) is 0. The molecule has 0 amide bonds. The van der Waals surface area contributed by atoms with Gasteiger partial charge in [0.1, 0.15) is 6.10 Å². The van der Waals surface area contributed by atoms with Crippen molar-refractivity contribution in [2.24, 2.45) is 0 Å². The summed E-state index contributed by atoms with van der Waals surface area (Å²) in [5, 5.41) is 0.728. The van der Waals surface area contributed by atoms with E-state index in [4.69, 9.17) is 21.1 Å². The molecule has 3 aromatic rings. The summed E-state index contributed by atoms with van der Waals surface area (Å²) in [7, 11) is 1.69. The van der Waals surface area contributed by atoms with E-state index < -0.39 is 0 Å². The van der Waals surface area contributed by atoms with Crippen molar-refractivity contribution in [3.63, 3.8) is 0 Å². The molecule has 1 saturated heterocycles. The van der Waals surface area contributed by atoms with Gasteiger partial charge in [-0.15, -0.1) is 0 Å². The normalized spacial score (nSPS) is 15.8. The van der Waals surface area contributed by atoms with Gasteiger partial charge in [0.2, 0.25) is 0 Å². The molecule has 1 atom stereocenters. The molecule has 1 heterocycles. The molecule has 1 unspecified atom stereocenters. The Kier molecular flexibility index (Phi) is 8.27. The summed E-state index contributed by atoms with van der Waals surface area (Å²) in [6.07, 6.45) is 0.790. The van der Waals surface area contributed by atoms with Crippen molar-refractivity contribution < 1.29 is 9.47 Å². The van der Waals surface area contributed by atoms with E-state index in [1.807, 2.05) is 30.3 Å². The monoisotopic (exact) mass is 464 g/mol. The summed E-state index contributed by atoms with van der Waals surface area (Å²) in [6.45, 7) is 8.37. The summed E-state index contributed by atoms with van der Waals surface area (Å²) < 4.78 is 12.1. The van der Waals surface area contributed by atoms with Gasteiger partial charge in [-0.25, -0.2) is 0 Å². The van der Waals surface area contributed by atoms with Gasteiger partial charge in [-0.1, -0.05) is 60.1 Å². The molecular weight excluding hydrogens is 432 g/mol. The summed E-state index contributed by atoms with van der Waals surface area (Å²) in [5.74, 6) is 1.53. The van der Waals surface area contributed by atoms with Crippen molar-refractivity contribution in [1.82, 2.24) is 9.80 Å². The Labute approximate surface area is 202 Å². The van der Waals surface area contributed by atoms with E-state index in [1.54, 1.807) is 7.11 Å². The van der Waals surface area contributed by atoms with E-state index in [-0.39, 0.29) is 6.10 Å². The van der Waals surface area contributed by atoms with Crippen LogP contribution in [0.2, 0.25) is 5.02 Å². The maximum atomic E-state index is 6.50. The van der Waals surface area contributed by atoms with Crippen LogP contribution in [0.25, 0.3) is 0 Å². The van der Waals surface area contributed by atoms with Crippen LogP contribution in [0.15, 0.2) is 72.8 Å². The second-order valence-electron chi connectivity index (χ2n) is 8.71. The standard InChI is InChI=1S/C28H33ClN2O2/c1-22-11-12-27(28(19-22)32-2)33-26(24-9-6-10-25(29)20-24)13-14-30-15-17-31(18-16-30)21-23-7-4-3-5-8-23/h3-12,19-20,26H,13-18,21H2,1-2H3. The molecular formula is C28H33ClN2O2. The molecule has 174 valence electrons. The Hall–Kier alpha value is -2.53. The van der Waals surface area contributed by atoms with Gasteiger partial charge < -0.3 is 14.4 Å². The first-order valence-corrected chi connectivity index (χ1v) is 12.0. The molecule has 0 aromatic heterocycles. The van der Waals surface area contributed by atoms with Gasteiger partial charge >= 0.3 is 0 Å². The number of halogens is 1. The first kappa shape index (κ1) is 23.6. The fourth-order valence-corrected chi connectivity index (χ4v) is 4.54. The number of hydrogen-bond acceptors (Lipinski definition) is 4. The zero-order valence-electron chi connectivity index (χ0n) is 19.5. The molecule has 0 aliphatic carbocycles. The Balaban J connectivity index is 1.38. The average Bonchev–Trinajstić information content (AvgIpc) is 2.84. The lowest BCUT2D eigenvalue weighted by Crippen LogP contribution is -2.46. The fourth-order valence-electron chi connectivity index (χ4n) is 4.34. The fraction of sp³-hybridized carbons (Fsp3) is 0.357. The van der Waals surface area contributed by atoms with Crippen LogP contribution in [0.1, 0.15) is 29.2 Å². The Morgan fingerprint density at radius 2 is 1.61 bits per heavy atom. The molecule has 3 aromatic carbocycles. The highest BCUT2D eigenvalue weighted by Crippen LogP contribution is 2.34. The second kappa shape index (κ2) is 11.6. The van der Waals surface area contributed by atoms with Gasteiger partial charge in [0.25, 0.3) is 0 Å². The molecule has 0 radical (unpaired) electrons. The lowest BCUT2D eigenvalue weighted by molar-refractivity contribution is 0.106. The number of nitrogens with zero attached hydrogens (tertiary/aromatic N) is 2. The zero-order valence-corrected chi connectivity index (χ0v) is 20.3. The zero-order chi connectivity index (χ0) is 23.0. The van der Waals surface area contributed by atoms with E-state index in [1.165, 1.54) is 5.56 Å². The highest BCUT2D eigenvalue weighted by Gasteiger charge is 2.21. The molecule has 0 spiro atoms. The second-order valence-corrected chi connectivity index (χ2v) is 9.14. The Morgan fingerprint density at radius 1 is 0.848 bits per heavy atom. The number of ether oxygens (including phenoxy) is 2. The molecule has 4 nitrogen and oxygen atoms in total. The maximum absolute atomic E-state index is 6.50. The number of benzene rings is 3. The largest absolute Gasteiger partial charge is 0.493 e. The number of rotatable bonds is 9. The summed E-state index contributed by atoms with van der Waals surface area (Å²) >= 11 is 6.31. The van der Waals surface area contributed by atoms with Crippen molar-refractivity contribution in [2.45, 2.75) is 26.0 Å². The maximum Gasteiger partial charge on any atom is 0.162 e. The van der Waals surface area contributed by atoms with E-state index in [2.05, 4.69) is 59.2 Å². The molecule has 0 N–H and O–H groups in total. The van der Waals surface area contributed by atoms with E-state index in [9.17, 15) is 0 Å². The molecule has 0 bridgehead atoms. The molecule has 33 heavy (non-hydrogen) atoms. The SMILES string of the molecule is COc1cc(C)ccc1OC(CCN1CCN(Cc2ccccc2)CC1)c1cccc(Cl)c1. The van der Waals surface area contributed by atoms with Crippen molar-refractivity contribution in [2.75, 3.05) is 39.8 Å². The lowest BCUT2D eigenvalue weighted by Gasteiger charge is -2.35. The van der Waals surface area contributed by atoms with Gasteiger partial charge in [-0.05, 0) is 47.9 Å². The van der Waals surface area contributed by atoms with Crippen molar-refractivity contribution in [3.05, 3.63) is 94.5 Å². The molecule has 5 heteroatoms. The number of aryl methyl sites for hydroxylation is 1. The minimum atomic E-state index is -0.0948. The van der Waals surface area contributed by atoms with Crippen LogP contribution < -0.4 is 9.47 Å². The minimum absolute atomic E-state index is 0.0948. The summed E-state index contributed by atoms with van der Waals surface area (Å²) in [5.41, 5.74) is 3.62. The van der Waals surface area contributed by atoms with Crippen LogP contribution in [0.5, 0.6) is 11.5 Å². The van der Waals surface area contributed by atoms with Gasteiger partial charge in [0.15, 0.2) is 11.5 Å². The highest BCUT2D eigenvalue weighted by atomic mass is 35.5. The molecule has 4 rings (SSSR count). The van der Waals surface area contributed by atoms with Crippen LogP contribution in [-0.2, 0) is 6.54 Å². The van der Waals surface area contributed by atoms with Crippen molar-refractivity contribution >= 4 is 11.6 Å². The lowest BCUT2D eigenvalue weighted by atomic mass is 10.1. The predicted molar refractivity (Wildman–Crippen MR) is 135 cm³/mol. The number of piperazine rings is 1. The van der Waals surface area contributed by atoms with Gasteiger partial charge in [-0.2, -0.15) is 0 Å². The van der Waals surface area contributed by atoms with E-state index in [0.717, 1.165) is 73.3 Å². The van der Waals surface area contributed by atoms with Gasteiger partial charge in [0, 0.05) is 50.7 Å². The van der Waals surface area contributed by atoms with Crippen LogP contribution in [0.3, 0.4) is 0 Å². The summed E-state index contributed by atoms with van der Waals surface area (Å²) in [6, 6.07) is 24.8.